The van der Waals surface area contributed by atoms with Crippen LogP contribution in [0.1, 0.15) is 12.8 Å². The zero-order valence-electron chi connectivity index (χ0n) is 6.08. The maximum atomic E-state index is 2.38. The van der Waals surface area contributed by atoms with Gasteiger partial charge in [-0.15, -0.1) is 11.8 Å². The fraction of sp³-hybridized carbons (Fsp3) is 0.750. The number of allylic oxidation sites excluding steroid dienone is 1. The number of thioether (sulfide) groups is 1. The lowest BCUT2D eigenvalue weighted by Crippen LogP contribution is -2.30. The van der Waals surface area contributed by atoms with Gasteiger partial charge in [-0.25, -0.2) is 0 Å². The molecule has 2 heteroatoms. The molecule has 0 saturated carbocycles. The van der Waals surface area contributed by atoms with Crippen molar-refractivity contribution in [3.8, 4) is 0 Å². The molecule has 1 fully saturated rings. The maximum absolute atomic E-state index is 2.38. The second kappa shape index (κ2) is 3.22. The van der Waals surface area contributed by atoms with E-state index in [2.05, 4.69) is 23.9 Å². The highest BCUT2D eigenvalue weighted by atomic mass is 32.2. The van der Waals surface area contributed by atoms with Crippen molar-refractivity contribution in [1.82, 2.24) is 0 Å². The molecular formula is C8H13S2+. The fourth-order valence-corrected chi connectivity index (χ4v) is 5.99. The third-order valence-corrected chi connectivity index (χ3v) is 6.71. The van der Waals surface area contributed by atoms with Gasteiger partial charge in [0.15, 0.2) is 4.58 Å². The van der Waals surface area contributed by atoms with Gasteiger partial charge in [0, 0.05) is 29.5 Å². The van der Waals surface area contributed by atoms with E-state index in [1.807, 2.05) is 0 Å². The van der Waals surface area contributed by atoms with Gasteiger partial charge < -0.3 is 0 Å². The summed E-state index contributed by atoms with van der Waals surface area (Å²) in [4.78, 5) is 0. The minimum absolute atomic E-state index is 0.774. The first kappa shape index (κ1) is 7.11. The predicted octanol–water partition coefficient (Wildman–Crippen LogP) is 2.03. The van der Waals surface area contributed by atoms with Crippen LogP contribution in [-0.2, 0) is 10.9 Å². The Bertz CT molecular complexity index is 126. The van der Waals surface area contributed by atoms with Crippen LogP contribution in [0.4, 0.5) is 0 Å². The van der Waals surface area contributed by atoms with Crippen molar-refractivity contribution in [2.24, 2.45) is 0 Å². The zero-order chi connectivity index (χ0) is 6.81. The van der Waals surface area contributed by atoms with E-state index in [1.54, 1.807) is 0 Å². The second-order valence-electron chi connectivity index (χ2n) is 2.77. The summed E-state index contributed by atoms with van der Waals surface area (Å²) in [6, 6.07) is 0. The monoisotopic (exact) mass is 173 g/mol. The predicted molar refractivity (Wildman–Crippen MR) is 51.7 cm³/mol. The molecule has 2 rings (SSSR count). The van der Waals surface area contributed by atoms with E-state index >= 15 is 0 Å². The summed E-state index contributed by atoms with van der Waals surface area (Å²) in [5.41, 5.74) is 0. The summed E-state index contributed by atoms with van der Waals surface area (Å²) in [7, 11) is 0.774. The first-order valence-corrected chi connectivity index (χ1v) is 6.57. The van der Waals surface area contributed by atoms with Crippen molar-refractivity contribution in [2.75, 3.05) is 17.3 Å². The van der Waals surface area contributed by atoms with Crippen LogP contribution in [0.2, 0.25) is 0 Å². The molecule has 10 heavy (non-hydrogen) atoms. The molecule has 2 atom stereocenters. The smallest absolute Gasteiger partial charge is 0.105 e. The quantitative estimate of drug-likeness (QED) is 0.399. The van der Waals surface area contributed by atoms with Gasteiger partial charge in [0.05, 0.1) is 0 Å². The van der Waals surface area contributed by atoms with Gasteiger partial charge in [0.2, 0.25) is 0 Å². The number of hydrogen-bond acceptors (Lipinski definition) is 1. The Balaban J connectivity index is 2.01. The average Bonchev–Trinajstić information content (AvgIpc) is 2.05. The standard InChI is InChI=1S/C8H13S2/c1-2-6-10-7-3-5-9-8(10)4-1/h1-2,8H,3-7H2/q+1/t8-,10?/m0/s1. The lowest BCUT2D eigenvalue weighted by molar-refractivity contribution is 1.04. The molecule has 1 unspecified atom stereocenters. The van der Waals surface area contributed by atoms with E-state index in [1.165, 1.54) is 30.1 Å². The molecule has 2 heterocycles. The van der Waals surface area contributed by atoms with Crippen molar-refractivity contribution in [2.45, 2.75) is 17.4 Å². The summed E-state index contributed by atoms with van der Waals surface area (Å²) in [5.74, 6) is 4.32. The van der Waals surface area contributed by atoms with Gasteiger partial charge in [-0.05, 0) is 6.08 Å². The number of fused-ring (bicyclic) bond motifs is 1. The molecule has 2 aliphatic rings. The van der Waals surface area contributed by atoms with E-state index in [0.717, 1.165) is 15.5 Å². The lowest BCUT2D eigenvalue weighted by atomic mass is 10.4. The Morgan fingerprint density at radius 1 is 1.40 bits per heavy atom. The number of hydrogen-bond donors (Lipinski definition) is 0. The Hall–Kier alpha value is 0.440. The number of rotatable bonds is 0. The first-order valence-electron chi connectivity index (χ1n) is 3.90. The first-order chi connectivity index (χ1) is 4.97. The molecule has 0 aromatic carbocycles. The molecule has 0 radical (unpaired) electrons. The van der Waals surface area contributed by atoms with Crippen LogP contribution in [0.15, 0.2) is 12.2 Å². The molecule has 0 aromatic heterocycles. The fourth-order valence-electron chi connectivity index (χ4n) is 1.48. The molecule has 56 valence electrons. The molecule has 0 aliphatic carbocycles. The lowest BCUT2D eigenvalue weighted by Gasteiger charge is -2.23. The zero-order valence-corrected chi connectivity index (χ0v) is 7.72. The molecule has 0 spiro atoms. The van der Waals surface area contributed by atoms with Crippen molar-refractivity contribution in [3.05, 3.63) is 12.2 Å². The minimum atomic E-state index is 0.774. The van der Waals surface area contributed by atoms with Crippen LogP contribution < -0.4 is 0 Å². The molecule has 0 nitrogen and oxygen atoms in total. The summed E-state index contributed by atoms with van der Waals surface area (Å²) in [5, 5.41) is 0. The average molecular weight is 173 g/mol. The Morgan fingerprint density at radius 2 is 2.40 bits per heavy atom. The van der Waals surface area contributed by atoms with Crippen LogP contribution in [0.25, 0.3) is 0 Å². The van der Waals surface area contributed by atoms with E-state index in [4.69, 9.17) is 0 Å². The molecule has 0 amide bonds. The van der Waals surface area contributed by atoms with Crippen LogP contribution >= 0.6 is 11.8 Å². The van der Waals surface area contributed by atoms with E-state index in [0.29, 0.717) is 0 Å². The van der Waals surface area contributed by atoms with Crippen LogP contribution in [0.5, 0.6) is 0 Å². The van der Waals surface area contributed by atoms with Gasteiger partial charge in [-0.1, -0.05) is 6.08 Å². The van der Waals surface area contributed by atoms with E-state index in [-0.39, 0.29) is 0 Å². The highest BCUT2D eigenvalue weighted by Crippen LogP contribution is 2.32. The van der Waals surface area contributed by atoms with Gasteiger partial charge in [-0.2, -0.15) is 0 Å². The van der Waals surface area contributed by atoms with Crippen molar-refractivity contribution in [1.29, 1.82) is 0 Å². The van der Waals surface area contributed by atoms with Crippen LogP contribution in [0, 0.1) is 0 Å². The van der Waals surface area contributed by atoms with Gasteiger partial charge >= 0.3 is 0 Å². The topological polar surface area (TPSA) is 0 Å². The Kier molecular flexibility index (Phi) is 2.29. The summed E-state index contributed by atoms with van der Waals surface area (Å²) < 4.78 is 1.01. The van der Waals surface area contributed by atoms with Crippen LogP contribution in [-0.4, -0.2) is 21.8 Å². The van der Waals surface area contributed by atoms with Gasteiger partial charge in [0.25, 0.3) is 0 Å². The van der Waals surface area contributed by atoms with Crippen molar-refractivity contribution in [3.63, 3.8) is 0 Å². The van der Waals surface area contributed by atoms with Crippen molar-refractivity contribution < 1.29 is 0 Å². The van der Waals surface area contributed by atoms with Gasteiger partial charge in [-0.3, -0.25) is 0 Å². The van der Waals surface area contributed by atoms with Gasteiger partial charge in [0.1, 0.15) is 11.5 Å². The normalized spacial score (nSPS) is 39.2. The molecule has 2 aliphatic heterocycles. The Morgan fingerprint density at radius 3 is 3.30 bits per heavy atom. The maximum Gasteiger partial charge on any atom is 0.167 e. The molecular weight excluding hydrogens is 160 g/mol. The molecule has 1 saturated heterocycles. The summed E-state index contributed by atoms with van der Waals surface area (Å²) in [6.07, 6.45) is 7.57. The SMILES string of the molecule is C1=CC[S+]2CCCS[C@@H]2C1. The minimum Gasteiger partial charge on any atom is -0.105 e. The molecule has 0 bridgehead atoms. The summed E-state index contributed by atoms with van der Waals surface area (Å²) >= 11 is 2.21. The van der Waals surface area contributed by atoms with Crippen LogP contribution in [0.3, 0.4) is 0 Å². The Labute approximate surface area is 69.8 Å². The second-order valence-corrected chi connectivity index (χ2v) is 6.76. The van der Waals surface area contributed by atoms with E-state index in [9.17, 15) is 0 Å². The van der Waals surface area contributed by atoms with Crippen molar-refractivity contribution >= 4 is 22.7 Å². The highest BCUT2D eigenvalue weighted by molar-refractivity contribution is 8.16. The van der Waals surface area contributed by atoms with E-state index < -0.39 is 0 Å². The summed E-state index contributed by atoms with van der Waals surface area (Å²) in [6.45, 7) is 0. The molecule has 0 N–H and O–H groups in total. The largest absolute Gasteiger partial charge is 0.167 e. The highest BCUT2D eigenvalue weighted by Gasteiger charge is 2.33. The third-order valence-electron chi connectivity index (χ3n) is 2.03. The third kappa shape index (κ3) is 1.37. The molecule has 0 aromatic rings.